The van der Waals surface area contributed by atoms with Gasteiger partial charge >= 0.3 is 5.97 Å². The van der Waals surface area contributed by atoms with Gasteiger partial charge in [-0.05, 0) is 86.6 Å². The van der Waals surface area contributed by atoms with Crippen LogP contribution in [0.3, 0.4) is 0 Å². The Labute approximate surface area is 220 Å². The zero-order chi connectivity index (χ0) is 26.5. The van der Waals surface area contributed by atoms with Crippen LogP contribution in [0.1, 0.15) is 66.9 Å². The van der Waals surface area contributed by atoms with E-state index >= 15 is 0 Å². The largest absolute Gasteiger partial charge is 0.478 e. The highest BCUT2D eigenvalue weighted by Crippen LogP contribution is 2.31. The van der Waals surface area contributed by atoms with E-state index in [0.29, 0.717) is 24.1 Å². The molecule has 0 aromatic heterocycles. The fourth-order valence-electron chi connectivity index (χ4n) is 4.30. The third-order valence-corrected chi connectivity index (χ3v) is 6.40. The molecule has 200 valence electrons. The van der Waals surface area contributed by atoms with Gasteiger partial charge in [0.2, 0.25) is 0 Å². The third-order valence-electron chi connectivity index (χ3n) is 6.40. The summed E-state index contributed by atoms with van der Waals surface area (Å²) in [4.78, 5) is 11.4. The van der Waals surface area contributed by atoms with Crippen molar-refractivity contribution in [1.82, 2.24) is 5.32 Å². The van der Waals surface area contributed by atoms with Crippen molar-refractivity contribution in [3.05, 3.63) is 94.3 Å². The van der Waals surface area contributed by atoms with Crippen LogP contribution in [0.25, 0.3) is 11.1 Å². The molecule has 0 aliphatic rings. The third kappa shape index (κ3) is 8.22. The summed E-state index contributed by atoms with van der Waals surface area (Å²) in [5, 5.41) is 23.2. The number of β-amino-alcohol motifs (C(OH)–C–C–N with tert-alkyl or cyclic N) is 1. The topological polar surface area (TPSA) is 78.8 Å². The minimum absolute atomic E-state index is 0. The van der Waals surface area contributed by atoms with E-state index in [-0.39, 0.29) is 37.1 Å². The summed E-state index contributed by atoms with van der Waals surface area (Å²) in [7, 11) is 0. The number of aliphatic hydroxyl groups is 1. The summed E-state index contributed by atoms with van der Waals surface area (Å²) in [6.45, 7) is 10.0. The maximum absolute atomic E-state index is 13.9. The van der Waals surface area contributed by atoms with Gasteiger partial charge in [-0.1, -0.05) is 56.0 Å². The summed E-state index contributed by atoms with van der Waals surface area (Å²) in [6.07, 6.45) is -0.369. The molecule has 3 rings (SSSR count). The maximum Gasteiger partial charge on any atom is 0.335 e. The van der Waals surface area contributed by atoms with Crippen LogP contribution in [-0.2, 0) is 11.2 Å². The number of hydrogen-bond acceptors (Lipinski definition) is 4. The first-order chi connectivity index (χ1) is 17.0. The summed E-state index contributed by atoms with van der Waals surface area (Å²) < 4.78 is 19.9. The van der Waals surface area contributed by atoms with Gasteiger partial charge in [0.15, 0.2) is 0 Å². The number of hydrogen-bond donors (Lipinski definition) is 3. The minimum Gasteiger partial charge on any atom is -0.478 e. The summed E-state index contributed by atoms with van der Waals surface area (Å²) >= 11 is 0. The normalized spacial score (nSPS) is 13.1. The lowest BCUT2D eigenvalue weighted by Gasteiger charge is -2.28. The number of rotatable bonds is 11. The quantitative estimate of drug-likeness (QED) is 0.275. The van der Waals surface area contributed by atoms with Crippen molar-refractivity contribution in [1.29, 1.82) is 0 Å². The molecule has 3 aromatic rings. The van der Waals surface area contributed by atoms with Crippen molar-refractivity contribution in [2.75, 3.05) is 13.2 Å². The average molecular weight is 510 g/mol. The van der Waals surface area contributed by atoms with Gasteiger partial charge in [0.05, 0.1) is 24.4 Å². The van der Waals surface area contributed by atoms with Gasteiger partial charge in [-0.25, -0.2) is 9.18 Å². The first-order valence-electron chi connectivity index (χ1n) is 12.2. The number of carbonyl (C=O) groups is 1. The smallest absolute Gasteiger partial charge is 0.335 e. The molecule has 3 N–H and O–H groups in total. The van der Waals surface area contributed by atoms with E-state index in [1.54, 1.807) is 32.0 Å². The number of aromatic carboxylic acids is 1. The number of aliphatic hydroxyl groups excluding tert-OH is 1. The van der Waals surface area contributed by atoms with Gasteiger partial charge in [0.1, 0.15) is 5.82 Å². The number of benzene rings is 3. The summed E-state index contributed by atoms with van der Waals surface area (Å²) in [5.41, 5.74) is 5.01. The van der Waals surface area contributed by atoms with Gasteiger partial charge in [0, 0.05) is 12.1 Å². The van der Waals surface area contributed by atoms with Crippen LogP contribution in [0.4, 0.5) is 4.39 Å². The van der Waals surface area contributed by atoms with E-state index in [0.717, 1.165) is 22.3 Å². The molecule has 6 heteroatoms. The number of ether oxygens (including phenoxy) is 1. The van der Waals surface area contributed by atoms with Crippen LogP contribution in [0.15, 0.2) is 60.7 Å². The molecule has 0 aliphatic heterocycles. The Morgan fingerprint density at radius 3 is 2.41 bits per heavy atom. The van der Waals surface area contributed by atoms with Crippen molar-refractivity contribution in [3.63, 3.8) is 0 Å². The predicted octanol–water partition coefficient (Wildman–Crippen LogP) is 6.49. The Morgan fingerprint density at radius 2 is 1.76 bits per heavy atom. The molecule has 3 aromatic carbocycles. The van der Waals surface area contributed by atoms with E-state index in [1.807, 2.05) is 63.2 Å². The van der Waals surface area contributed by atoms with Crippen LogP contribution in [0.5, 0.6) is 0 Å². The zero-order valence-electron chi connectivity index (χ0n) is 21.6. The number of aryl methyl sites for hydroxylation is 2. The monoisotopic (exact) mass is 509 g/mol. The standard InChI is InChI=1S/C30H36FNO4.CH4/c1-19-10-11-22(15-28(19)31)16-30(4,5)32-17-24(33)18-36-21(3)26-8-6-7-9-27(26)23-12-13-25(29(34)35)20(2)14-23;/h6-15,21,24,32-33H,16-18H2,1-5H3,(H,34,35);1H4/t21-,24-;/m1./s1. The van der Waals surface area contributed by atoms with E-state index in [2.05, 4.69) is 5.32 Å². The zero-order valence-corrected chi connectivity index (χ0v) is 21.6. The van der Waals surface area contributed by atoms with Gasteiger partial charge in [-0.15, -0.1) is 0 Å². The fraction of sp³-hybridized carbons (Fsp3) is 0.387. The molecule has 37 heavy (non-hydrogen) atoms. The maximum atomic E-state index is 13.9. The van der Waals surface area contributed by atoms with Gasteiger partial charge < -0.3 is 20.3 Å². The minimum atomic E-state index is -0.944. The van der Waals surface area contributed by atoms with E-state index in [1.165, 1.54) is 0 Å². The Balaban J connectivity index is 0.00000481. The van der Waals surface area contributed by atoms with Crippen molar-refractivity contribution in [2.45, 2.75) is 66.2 Å². The second-order valence-corrected chi connectivity index (χ2v) is 10.1. The lowest BCUT2D eigenvalue weighted by molar-refractivity contribution is -0.00397. The Morgan fingerprint density at radius 1 is 1.05 bits per heavy atom. The molecule has 2 atom stereocenters. The van der Waals surface area contributed by atoms with Crippen molar-refractivity contribution in [2.24, 2.45) is 0 Å². The Kier molecular flexibility index (Phi) is 10.6. The van der Waals surface area contributed by atoms with E-state index < -0.39 is 12.1 Å². The van der Waals surface area contributed by atoms with E-state index in [4.69, 9.17) is 4.74 Å². The van der Waals surface area contributed by atoms with Gasteiger partial charge in [-0.3, -0.25) is 0 Å². The number of halogens is 1. The molecular formula is C31H40FNO4. The van der Waals surface area contributed by atoms with E-state index in [9.17, 15) is 19.4 Å². The highest BCUT2D eigenvalue weighted by atomic mass is 19.1. The van der Waals surface area contributed by atoms with Crippen LogP contribution in [0, 0.1) is 19.7 Å². The predicted molar refractivity (Wildman–Crippen MR) is 148 cm³/mol. The molecule has 0 unspecified atom stereocenters. The van der Waals surface area contributed by atoms with Crippen LogP contribution in [-0.4, -0.2) is 41.0 Å². The molecule has 0 saturated heterocycles. The Bertz CT molecular complexity index is 1210. The molecule has 0 spiro atoms. The fourth-order valence-corrected chi connectivity index (χ4v) is 4.30. The molecule has 5 nitrogen and oxygen atoms in total. The molecule has 0 amide bonds. The van der Waals surface area contributed by atoms with Crippen molar-refractivity contribution >= 4 is 5.97 Å². The SMILES string of the molecule is C.Cc1ccc(CC(C)(C)NC[C@@H](O)CO[C@H](C)c2ccccc2-c2ccc(C(=O)O)c(C)c2)cc1F. The van der Waals surface area contributed by atoms with Crippen molar-refractivity contribution in [3.8, 4) is 11.1 Å². The van der Waals surface area contributed by atoms with Crippen LogP contribution < -0.4 is 5.32 Å². The molecule has 0 aliphatic carbocycles. The van der Waals surface area contributed by atoms with Crippen LogP contribution >= 0.6 is 0 Å². The first-order valence-corrected chi connectivity index (χ1v) is 12.2. The average Bonchev–Trinajstić information content (AvgIpc) is 2.83. The number of carboxylic acids is 1. The first kappa shape index (κ1) is 30.2. The number of nitrogens with one attached hydrogen (secondary N) is 1. The molecule has 0 radical (unpaired) electrons. The van der Waals surface area contributed by atoms with Gasteiger partial charge in [0.25, 0.3) is 0 Å². The highest BCUT2D eigenvalue weighted by molar-refractivity contribution is 5.90. The molecule has 0 bridgehead atoms. The molecule has 0 heterocycles. The second-order valence-electron chi connectivity index (χ2n) is 10.1. The molecule has 0 fully saturated rings. The lowest BCUT2D eigenvalue weighted by atomic mass is 9.94. The second kappa shape index (κ2) is 13.0. The van der Waals surface area contributed by atoms with Crippen LogP contribution in [0.2, 0.25) is 0 Å². The van der Waals surface area contributed by atoms with Gasteiger partial charge in [-0.2, -0.15) is 0 Å². The molecule has 0 saturated carbocycles. The summed E-state index contributed by atoms with van der Waals surface area (Å²) in [6, 6.07) is 18.4. The lowest BCUT2D eigenvalue weighted by Crippen LogP contribution is -2.46. The number of carboxylic acid groups (broad SMARTS) is 1. The van der Waals surface area contributed by atoms with Crippen molar-refractivity contribution < 1.29 is 24.1 Å². The summed E-state index contributed by atoms with van der Waals surface area (Å²) in [5.74, 6) is -1.15. The Hall–Kier alpha value is -3.06. The molecular weight excluding hydrogens is 469 g/mol. The highest BCUT2D eigenvalue weighted by Gasteiger charge is 2.21.